The number of hydrogen-bond acceptors (Lipinski definition) is 10. The molecule has 0 saturated carbocycles. The smallest absolute Gasteiger partial charge is 0.338 e. The molecule has 0 aliphatic heterocycles. The summed E-state index contributed by atoms with van der Waals surface area (Å²) in [6.07, 6.45) is -0.761. The van der Waals surface area contributed by atoms with Crippen molar-refractivity contribution in [3.63, 3.8) is 0 Å². The van der Waals surface area contributed by atoms with E-state index in [1.165, 1.54) is 50.2 Å². The number of esters is 2. The third-order valence-electron chi connectivity index (χ3n) is 5.71. The summed E-state index contributed by atoms with van der Waals surface area (Å²) in [6, 6.07) is 11.5. The van der Waals surface area contributed by atoms with Gasteiger partial charge >= 0.3 is 11.9 Å². The van der Waals surface area contributed by atoms with Gasteiger partial charge in [0.2, 0.25) is 5.54 Å². The zero-order valence-corrected chi connectivity index (χ0v) is 20.1. The van der Waals surface area contributed by atoms with Crippen LogP contribution in [-0.4, -0.2) is 33.9 Å². The second kappa shape index (κ2) is 12.7. The Kier molecular flexibility index (Phi) is 10.00. The van der Waals surface area contributed by atoms with Gasteiger partial charge in [0, 0.05) is 12.1 Å². The Morgan fingerprint density at radius 3 is 1.64 bits per heavy atom. The van der Waals surface area contributed by atoms with Crippen LogP contribution in [0, 0.1) is 20.2 Å². The molecule has 0 heterocycles. The Morgan fingerprint density at radius 1 is 0.833 bits per heavy atom. The van der Waals surface area contributed by atoms with Crippen LogP contribution in [0.4, 0.5) is 11.4 Å². The van der Waals surface area contributed by atoms with Crippen LogP contribution in [0.3, 0.4) is 0 Å². The molecule has 2 aromatic carbocycles. The van der Waals surface area contributed by atoms with Gasteiger partial charge in [0.05, 0.1) is 21.0 Å². The van der Waals surface area contributed by atoms with Crippen molar-refractivity contribution in [2.75, 3.05) is 6.54 Å². The van der Waals surface area contributed by atoms with Gasteiger partial charge in [0.25, 0.3) is 11.4 Å². The molecule has 0 spiro atoms. The summed E-state index contributed by atoms with van der Waals surface area (Å²) in [4.78, 5) is 47.9. The first-order chi connectivity index (χ1) is 17.0. The Morgan fingerprint density at radius 2 is 1.25 bits per heavy atom. The van der Waals surface area contributed by atoms with Crippen LogP contribution in [0.25, 0.3) is 0 Å². The number of nitro benzene ring substituents is 2. The molecule has 2 atom stereocenters. The first kappa shape index (κ1) is 28.3. The fourth-order valence-electron chi connectivity index (χ4n) is 3.67. The fraction of sp³-hybridized carbons (Fsp3) is 0.417. The molecule has 0 bridgehead atoms. The maximum absolute atomic E-state index is 13.2. The topological polar surface area (TPSA) is 191 Å². The van der Waals surface area contributed by atoms with Gasteiger partial charge in [-0.1, -0.05) is 37.1 Å². The number of nitrogens with two attached hydrogens (primary N) is 2. The van der Waals surface area contributed by atoms with Gasteiger partial charge in [-0.15, -0.1) is 0 Å². The highest BCUT2D eigenvalue weighted by molar-refractivity contribution is 6.04. The average Bonchev–Trinajstić information content (AvgIpc) is 2.86. The first-order valence-electron chi connectivity index (χ1n) is 11.4. The molecule has 2 aromatic rings. The number of rotatable bonds is 13. The molecule has 4 N–H and O–H groups in total. The van der Waals surface area contributed by atoms with E-state index in [1.54, 1.807) is 12.1 Å². The zero-order chi connectivity index (χ0) is 26.9. The van der Waals surface area contributed by atoms with E-state index in [0.717, 1.165) is 0 Å². The Hall–Kier alpha value is -3.90. The van der Waals surface area contributed by atoms with E-state index in [4.69, 9.17) is 20.9 Å². The van der Waals surface area contributed by atoms with E-state index in [-0.39, 0.29) is 28.9 Å². The van der Waals surface area contributed by atoms with Crippen LogP contribution < -0.4 is 11.5 Å². The normalized spacial score (nSPS) is 14.2. The highest BCUT2D eigenvalue weighted by atomic mass is 16.6. The molecule has 0 aliphatic rings. The van der Waals surface area contributed by atoms with E-state index >= 15 is 0 Å². The Labute approximate surface area is 207 Å². The maximum Gasteiger partial charge on any atom is 0.338 e. The molecule has 0 aromatic heterocycles. The lowest BCUT2D eigenvalue weighted by atomic mass is 9.92. The van der Waals surface area contributed by atoms with Crippen LogP contribution in [0.2, 0.25) is 0 Å². The highest BCUT2D eigenvalue weighted by Crippen LogP contribution is 2.31. The predicted molar refractivity (Wildman–Crippen MR) is 130 cm³/mol. The van der Waals surface area contributed by atoms with Gasteiger partial charge in [0.15, 0.2) is 0 Å². The number of carbonyl (C=O) groups excluding carboxylic acids is 2. The number of para-hydroxylation sites is 2. The quantitative estimate of drug-likeness (QED) is 0.134. The second-order valence-corrected chi connectivity index (χ2v) is 8.30. The van der Waals surface area contributed by atoms with Crippen LogP contribution in [-0.2, 0) is 19.1 Å². The minimum Gasteiger partial charge on any atom is -0.456 e. The summed E-state index contributed by atoms with van der Waals surface area (Å²) < 4.78 is 10.8. The molecule has 2 rings (SSSR count). The molecule has 0 radical (unpaired) electrons. The second-order valence-electron chi connectivity index (χ2n) is 8.30. The molecule has 12 heteroatoms. The van der Waals surface area contributed by atoms with Crippen molar-refractivity contribution in [3.05, 3.63) is 79.9 Å². The molecule has 12 nitrogen and oxygen atoms in total. The molecular formula is C24H30N4O8. The van der Waals surface area contributed by atoms with E-state index in [1.807, 2.05) is 0 Å². The van der Waals surface area contributed by atoms with Crippen molar-refractivity contribution in [3.8, 4) is 0 Å². The largest absolute Gasteiger partial charge is 0.456 e. The lowest BCUT2D eigenvalue weighted by Crippen LogP contribution is -2.57. The van der Waals surface area contributed by atoms with Crippen LogP contribution in [0.15, 0.2) is 48.5 Å². The maximum atomic E-state index is 13.2. The van der Waals surface area contributed by atoms with Crippen molar-refractivity contribution < 1.29 is 28.9 Å². The lowest BCUT2D eigenvalue weighted by Gasteiger charge is -2.28. The van der Waals surface area contributed by atoms with Crippen LogP contribution >= 0.6 is 0 Å². The molecule has 0 saturated heterocycles. The third-order valence-corrected chi connectivity index (χ3v) is 5.71. The van der Waals surface area contributed by atoms with E-state index < -0.39 is 39.5 Å². The van der Waals surface area contributed by atoms with E-state index in [0.29, 0.717) is 25.8 Å². The standard InChI is InChI=1S/C24H30N4O8/c1-16(18-10-4-6-12-20(18)27(31)32)35-22(29)24(26,14-8-3-9-15-25)23(30)36-17(2)19-11-5-7-13-21(19)28(33)34/h4-7,10-13,16-17H,3,8-9,14-15,25-26H2,1-2H3. The summed E-state index contributed by atoms with van der Waals surface area (Å²) in [5.74, 6) is -2.25. The molecule has 36 heavy (non-hydrogen) atoms. The van der Waals surface area contributed by atoms with Gasteiger partial charge < -0.3 is 20.9 Å². The highest BCUT2D eigenvalue weighted by Gasteiger charge is 2.46. The number of unbranched alkanes of at least 4 members (excludes halogenated alkanes) is 2. The van der Waals surface area contributed by atoms with Crippen molar-refractivity contribution in [2.24, 2.45) is 11.5 Å². The van der Waals surface area contributed by atoms with Gasteiger partial charge in [-0.3, -0.25) is 20.2 Å². The van der Waals surface area contributed by atoms with Gasteiger partial charge in [-0.25, -0.2) is 9.59 Å². The molecule has 0 aliphatic carbocycles. The summed E-state index contributed by atoms with van der Waals surface area (Å²) in [5, 5.41) is 22.7. The predicted octanol–water partition coefficient (Wildman–Crippen LogP) is 3.63. The van der Waals surface area contributed by atoms with Gasteiger partial charge in [0.1, 0.15) is 12.2 Å². The number of nitro groups is 2. The summed E-state index contributed by atoms with van der Waals surface area (Å²) in [5.41, 5.74) is 9.28. The number of nitrogens with zero attached hydrogens (tertiary/aromatic N) is 2. The van der Waals surface area contributed by atoms with Gasteiger partial charge in [-0.2, -0.15) is 0 Å². The first-order valence-corrected chi connectivity index (χ1v) is 11.4. The van der Waals surface area contributed by atoms with Crippen molar-refractivity contribution in [2.45, 2.75) is 57.3 Å². The van der Waals surface area contributed by atoms with Crippen molar-refractivity contribution in [1.82, 2.24) is 0 Å². The molecular weight excluding hydrogens is 472 g/mol. The molecule has 2 unspecified atom stereocenters. The molecule has 194 valence electrons. The van der Waals surface area contributed by atoms with E-state index in [9.17, 15) is 29.8 Å². The number of carbonyl (C=O) groups is 2. The average molecular weight is 503 g/mol. The number of benzene rings is 2. The lowest BCUT2D eigenvalue weighted by molar-refractivity contribution is -0.386. The monoisotopic (exact) mass is 502 g/mol. The third kappa shape index (κ3) is 6.83. The van der Waals surface area contributed by atoms with Crippen molar-refractivity contribution in [1.29, 1.82) is 0 Å². The Bertz CT molecular complexity index is 1030. The van der Waals surface area contributed by atoms with Crippen LogP contribution in [0.1, 0.15) is 62.9 Å². The Balaban J connectivity index is 2.29. The zero-order valence-electron chi connectivity index (χ0n) is 20.1. The number of ether oxygens (including phenoxy) is 2. The SMILES string of the molecule is CC(OC(=O)C(N)(CCCCCN)C(=O)OC(C)c1ccccc1[N+](=O)[O-])c1ccccc1[N+](=O)[O-]. The van der Waals surface area contributed by atoms with E-state index in [2.05, 4.69) is 0 Å². The molecule has 0 fully saturated rings. The minimum atomic E-state index is -2.25. The summed E-state index contributed by atoms with van der Waals surface area (Å²) >= 11 is 0. The van der Waals surface area contributed by atoms with Crippen LogP contribution in [0.5, 0.6) is 0 Å². The summed E-state index contributed by atoms with van der Waals surface area (Å²) in [7, 11) is 0. The van der Waals surface area contributed by atoms with Gasteiger partial charge in [-0.05, 0) is 45.4 Å². The fourth-order valence-corrected chi connectivity index (χ4v) is 3.67. The number of hydrogen-bond donors (Lipinski definition) is 2. The summed E-state index contributed by atoms with van der Waals surface area (Å²) in [6.45, 7) is 3.27. The van der Waals surface area contributed by atoms with Crippen molar-refractivity contribution >= 4 is 23.3 Å². The molecule has 0 amide bonds. The minimum absolute atomic E-state index is 0.128.